The average Bonchev–Trinajstić information content (AvgIpc) is 2.28. The van der Waals surface area contributed by atoms with Gasteiger partial charge in [-0.15, -0.1) is 0 Å². The van der Waals surface area contributed by atoms with Gasteiger partial charge in [0.1, 0.15) is 10.8 Å². The molecule has 0 aliphatic carbocycles. The number of thiocarbonyl (C=S) groups is 1. The largest absolute Gasteiger partial charge is 0.389 e. The van der Waals surface area contributed by atoms with Crippen molar-refractivity contribution in [3.8, 4) is 0 Å². The van der Waals surface area contributed by atoms with Crippen LogP contribution in [0.3, 0.4) is 0 Å². The Morgan fingerprint density at radius 3 is 2.76 bits per heavy atom. The number of halogens is 1. The Balaban J connectivity index is 3.00. The summed E-state index contributed by atoms with van der Waals surface area (Å²) in [7, 11) is 3.54. The third-order valence-corrected chi connectivity index (χ3v) is 2.79. The van der Waals surface area contributed by atoms with Crippen LogP contribution < -0.4 is 10.6 Å². The number of hydrogen-bond acceptors (Lipinski definition) is 3. The zero-order valence-corrected chi connectivity index (χ0v) is 11.1. The molecule has 0 aliphatic heterocycles. The van der Waals surface area contributed by atoms with Crippen molar-refractivity contribution in [2.45, 2.75) is 13.0 Å². The number of rotatable bonds is 5. The molecule has 0 heterocycles. The van der Waals surface area contributed by atoms with Crippen LogP contribution in [-0.2, 0) is 4.74 Å². The van der Waals surface area contributed by atoms with E-state index in [1.165, 1.54) is 12.1 Å². The molecule has 5 heteroatoms. The van der Waals surface area contributed by atoms with E-state index in [-0.39, 0.29) is 16.9 Å². The molecule has 0 saturated carbocycles. The minimum Gasteiger partial charge on any atom is -0.389 e. The van der Waals surface area contributed by atoms with Gasteiger partial charge in [-0.2, -0.15) is 0 Å². The van der Waals surface area contributed by atoms with Gasteiger partial charge >= 0.3 is 0 Å². The van der Waals surface area contributed by atoms with Crippen LogP contribution in [0.5, 0.6) is 0 Å². The van der Waals surface area contributed by atoms with Crippen LogP contribution in [0.25, 0.3) is 0 Å². The third kappa shape index (κ3) is 3.64. The zero-order chi connectivity index (χ0) is 13.0. The highest BCUT2D eigenvalue weighted by Crippen LogP contribution is 2.21. The summed E-state index contributed by atoms with van der Waals surface area (Å²) in [5, 5.41) is 0. The molecule has 1 atom stereocenters. The predicted octanol–water partition coefficient (Wildman–Crippen LogP) is 1.93. The van der Waals surface area contributed by atoms with Crippen LogP contribution in [0.4, 0.5) is 10.1 Å². The molecule has 17 heavy (non-hydrogen) atoms. The van der Waals surface area contributed by atoms with Crippen molar-refractivity contribution in [2.24, 2.45) is 5.73 Å². The molecule has 0 aromatic heterocycles. The molecule has 3 nitrogen and oxygen atoms in total. The van der Waals surface area contributed by atoms with E-state index in [1.54, 1.807) is 13.2 Å². The van der Waals surface area contributed by atoms with Crippen LogP contribution in [0.2, 0.25) is 0 Å². The summed E-state index contributed by atoms with van der Waals surface area (Å²) in [6, 6.07) is 4.42. The monoisotopic (exact) mass is 256 g/mol. The van der Waals surface area contributed by atoms with Gasteiger partial charge in [-0.1, -0.05) is 12.2 Å². The van der Waals surface area contributed by atoms with E-state index in [0.717, 1.165) is 5.69 Å². The van der Waals surface area contributed by atoms with Crippen molar-refractivity contribution in [1.82, 2.24) is 0 Å². The molecule has 0 aliphatic rings. The predicted molar refractivity (Wildman–Crippen MR) is 72.0 cm³/mol. The lowest BCUT2D eigenvalue weighted by atomic mass is 10.1. The number of nitrogens with two attached hydrogens (primary N) is 1. The minimum atomic E-state index is -0.343. The van der Waals surface area contributed by atoms with E-state index in [0.29, 0.717) is 12.1 Å². The third-order valence-electron chi connectivity index (χ3n) is 2.57. The Bertz CT molecular complexity index is 411. The number of likely N-dealkylation sites (N-methyl/N-ethyl adjacent to an activating group) is 1. The first-order chi connectivity index (χ1) is 7.95. The quantitative estimate of drug-likeness (QED) is 0.817. The molecular formula is C12H17FN2OS. The molecule has 2 N–H and O–H groups in total. The molecule has 0 saturated heterocycles. The first-order valence-corrected chi connectivity index (χ1v) is 5.69. The molecular weight excluding hydrogens is 239 g/mol. The number of hydrogen-bond donors (Lipinski definition) is 1. The fourth-order valence-electron chi connectivity index (χ4n) is 1.60. The molecule has 0 spiro atoms. The van der Waals surface area contributed by atoms with Crippen molar-refractivity contribution < 1.29 is 9.13 Å². The highest BCUT2D eigenvalue weighted by molar-refractivity contribution is 7.80. The Hall–Kier alpha value is -1.20. The second kappa shape index (κ2) is 5.93. The summed E-state index contributed by atoms with van der Waals surface area (Å²) in [4.78, 5) is 2.14. The number of benzene rings is 1. The lowest BCUT2D eigenvalue weighted by molar-refractivity contribution is 0.124. The molecule has 1 aromatic rings. The smallest absolute Gasteiger partial charge is 0.124 e. The summed E-state index contributed by atoms with van der Waals surface area (Å²) >= 11 is 4.92. The van der Waals surface area contributed by atoms with Crippen LogP contribution in [0, 0.1) is 5.82 Å². The van der Waals surface area contributed by atoms with E-state index in [2.05, 4.69) is 0 Å². The Morgan fingerprint density at radius 2 is 2.24 bits per heavy atom. The van der Waals surface area contributed by atoms with Gasteiger partial charge in [0.2, 0.25) is 0 Å². The summed E-state index contributed by atoms with van der Waals surface area (Å²) in [6.07, 6.45) is 0.0734. The SMILES string of the molecule is COC(C)CN(C)c1ccc(F)cc1C(N)=S. The Labute approximate surface area is 106 Å². The molecule has 1 rings (SSSR count). The highest BCUT2D eigenvalue weighted by atomic mass is 32.1. The van der Waals surface area contributed by atoms with Gasteiger partial charge in [0, 0.05) is 32.0 Å². The van der Waals surface area contributed by atoms with Crippen LogP contribution in [0.15, 0.2) is 18.2 Å². The molecule has 1 aromatic carbocycles. The summed E-state index contributed by atoms with van der Waals surface area (Å²) in [6.45, 7) is 2.64. The van der Waals surface area contributed by atoms with E-state index >= 15 is 0 Å². The van der Waals surface area contributed by atoms with Gasteiger partial charge in [-0.3, -0.25) is 0 Å². The average molecular weight is 256 g/mol. The van der Waals surface area contributed by atoms with E-state index < -0.39 is 0 Å². The first-order valence-electron chi connectivity index (χ1n) is 5.29. The van der Waals surface area contributed by atoms with Gasteiger partial charge in [-0.25, -0.2) is 4.39 Å². The second-order valence-electron chi connectivity index (χ2n) is 3.95. The summed E-state index contributed by atoms with van der Waals surface area (Å²) in [5.74, 6) is -0.343. The maximum Gasteiger partial charge on any atom is 0.124 e. The first kappa shape index (κ1) is 13.9. The Kier molecular flexibility index (Phi) is 4.84. The number of ether oxygens (including phenoxy) is 1. The number of nitrogens with zero attached hydrogens (tertiary/aromatic N) is 1. The van der Waals surface area contributed by atoms with Gasteiger partial charge < -0.3 is 15.4 Å². The summed E-state index contributed by atoms with van der Waals surface area (Å²) < 4.78 is 18.3. The van der Waals surface area contributed by atoms with Crippen molar-refractivity contribution in [2.75, 3.05) is 25.6 Å². The van der Waals surface area contributed by atoms with Crippen molar-refractivity contribution in [3.63, 3.8) is 0 Å². The molecule has 0 bridgehead atoms. The maximum atomic E-state index is 13.1. The van der Waals surface area contributed by atoms with Crippen molar-refractivity contribution in [3.05, 3.63) is 29.6 Å². The van der Waals surface area contributed by atoms with E-state index in [4.69, 9.17) is 22.7 Å². The lowest BCUT2D eigenvalue weighted by Crippen LogP contribution is -2.30. The maximum absolute atomic E-state index is 13.1. The topological polar surface area (TPSA) is 38.5 Å². The standard InChI is InChI=1S/C12H17FN2OS/c1-8(16-3)7-15(2)11-5-4-9(13)6-10(11)12(14)17/h4-6,8H,7H2,1-3H3,(H2,14,17). The van der Waals surface area contributed by atoms with Crippen molar-refractivity contribution in [1.29, 1.82) is 0 Å². The highest BCUT2D eigenvalue weighted by Gasteiger charge is 2.12. The molecule has 94 valence electrons. The van der Waals surface area contributed by atoms with Gasteiger partial charge in [0.15, 0.2) is 0 Å². The van der Waals surface area contributed by atoms with Crippen LogP contribution in [-0.4, -0.2) is 31.8 Å². The van der Waals surface area contributed by atoms with E-state index in [1.807, 2.05) is 18.9 Å². The normalized spacial score (nSPS) is 12.2. The lowest BCUT2D eigenvalue weighted by Gasteiger charge is -2.24. The minimum absolute atomic E-state index is 0.0734. The fourth-order valence-corrected chi connectivity index (χ4v) is 1.76. The summed E-state index contributed by atoms with van der Waals surface area (Å²) in [5.41, 5.74) is 6.95. The fraction of sp³-hybridized carbons (Fsp3) is 0.417. The second-order valence-corrected chi connectivity index (χ2v) is 4.39. The number of anilines is 1. The molecule has 0 radical (unpaired) electrons. The van der Waals surface area contributed by atoms with E-state index in [9.17, 15) is 4.39 Å². The molecule has 0 fully saturated rings. The van der Waals surface area contributed by atoms with Crippen LogP contribution in [0.1, 0.15) is 12.5 Å². The van der Waals surface area contributed by atoms with Gasteiger partial charge in [0.25, 0.3) is 0 Å². The zero-order valence-electron chi connectivity index (χ0n) is 10.2. The molecule has 1 unspecified atom stereocenters. The van der Waals surface area contributed by atoms with Gasteiger partial charge in [0.05, 0.1) is 6.10 Å². The number of methoxy groups -OCH3 is 1. The van der Waals surface area contributed by atoms with Gasteiger partial charge in [-0.05, 0) is 25.1 Å². The van der Waals surface area contributed by atoms with Crippen molar-refractivity contribution >= 4 is 22.9 Å². The molecule has 0 amide bonds. The van der Waals surface area contributed by atoms with Crippen LogP contribution >= 0.6 is 12.2 Å². The Morgan fingerprint density at radius 1 is 1.59 bits per heavy atom.